The highest BCUT2D eigenvalue weighted by molar-refractivity contribution is 9.10. The highest BCUT2D eigenvalue weighted by Crippen LogP contribution is 2.26. The van der Waals surface area contributed by atoms with Gasteiger partial charge in [-0.2, -0.15) is 0 Å². The van der Waals surface area contributed by atoms with Crippen LogP contribution in [0.1, 0.15) is 5.56 Å². The molecular weight excluding hydrogens is 284 g/mol. The Balaban J connectivity index is 2.75. The summed E-state index contributed by atoms with van der Waals surface area (Å²) in [7, 11) is 0. The van der Waals surface area contributed by atoms with Gasteiger partial charge < -0.3 is 4.42 Å². The van der Waals surface area contributed by atoms with Gasteiger partial charge in [-0.15, -0.1) is 0 Å². The van der Waals surface area contributed by atoms with E-state index < -0.39 is 0 Å². The molecule has 3 heteroatoms. The lowest BCUT2D eigenvalue weighted by Crippen LogP contribution is -1.72. The maximum Gasteiger partial charge on any atom is 0.134 e. The van der Waals surface area contributed by atoms with Crippen LogP contribution in [0.2, 0.25) is 0 Å². The Morgan fingerprint density at radius 3 is 2.92 bits per heavy atom. The first-order chi connectivity index (χ1) is 5.81. The van der Waals surface area contributed by atoms with Crippen molar-refractivity contribution in [1.82, 2.24) is 0 Å². The van der Waals surface area contributed by atoms with Gasteiger partial charge in [0.15, 0.2) is 0 Å². The molecule has 0 N–H and O–H groups in total. The van der Waals surface area contributed by atoms with E-state index in [-0.39, 0.29) is 0 Å². The van der Waals surface area contributed by atoms with Crippen LogP contribution in [0.15, 0.2) is 33.4 Å². The SMILES string of the molecule is BrCc1coc2ccc(Br)cc12. The van der Waals surface area contributed by atoms with Crippen LogP contribution in [0.25, 0.3) is 11.0 Å². The van der Waals surface area contributed by atoms with Crippen LogP contribution in [-0.2, 0) is 5.33 Å². The van der Waals surface area contributed by atoms with Crippen LogP contribution in [0.3, 0.4) is 0 Å². The van der Waals surface area contributed by atoms with E-state index in [4.69, 9.17) is 4.42 Å². The van der Waals surface area contributed by atoms with Gasteiger partial charge in [-0.05, 0) is 18.2 Å². The first-order valence-electron chi connectivity index (χ1n) is 3.53. The van der Waals surface area contributed by atoms with Gasteiger partial charge in [0.25, 0.3) is 0 Å². The van der Waals surface area contributed by atoms with Gasteiger partial charge in [-0.25, -0.2) is 0 Å². The zero-order chi connectivity index (χ0) is 8.55. The fraction of sp³-hybridized carbons (Fsp3) is 0.111. The number of benzene rings is 1. The third-order valence-electron chi connectivity index (χ3n) is 1.76. The molecule has 0 saturated carbocycles. The molecule has 0 radical (unpaired) electrons. The molecule has 0 fully saturated rings. The Morgan fingerprint density at radius 2 is 2.17 bits per heavy atom. The summed E-state index contributed by atoms with van der Waals surface area (Å²) in [5, 5.41) is 2.00. The molecule has 0 spiro atoms. The number of hydrogen-bond donors (Lipinski definition) is 0. The third kappa shape index (κ3) is 1.31. The minimum Gasteiger partial charge on any atom is -0.464 e. The Hall–Kier alpha value is -0.280. The van der Waals surface area contributed by atoms with E-state index in [0.717, 1.165) is 15.4 Å². The molecule has 62 valence electrons. The van der Waals surface area contributed by atoms with Crippen LogP contribution < -0.4 is 0 Å². The number of hydrogen-bond acceptors (Lipinski definition) is 1. The predicted molar refractivity (Wildman–Crippen MR) is 56.5 cm³/mol. The van der Waals surface area contributed by atoms with E-state index in [0.29, 0.717) is 0 Å². The monoisotopic (exact) mass is 288 g/mol. The summed E-state index contributed by atoms with van der Waals surface area (Å²) in [6.45, 7) is 0. The molecule has 0 bridgehead atoms. The van der Waals surface area contributed by atoms with Crippen molar-refractivity contribution in [1.29, 1.82) is 0 Å². The molecule has 1 aromatic carbocycles. The lowest BCUT2D eigenvalue weighted by Gasteiger charge is -1.91. The average molecular weight is 290 g/mol. The number of fused-ring (bicyclic) bond motifs is 1. The molecule has 12 heavy (non-hydrogen) atoms. The number of rotatable bonds is 1. The van der Waals surface area contributed by atoms with Crippen LogP contribution >= 0.6 is 31.9 Å². The van der Waals surface area contributed by atoms with E-state index in [1.807, 2.05) is 12.1 Å². The topological polar surface area (TPSA) is 13.1 Å². The number of furan rings is 1. The highest BCUT2D eigenvalue weighted by Gasteiger charge is 2.03. The van der Waals surface area contributed by atoms with Crippen molar-refractivity contribution in [2.45, 2.75) is 5.33 Å². The van der Waals surface area contributed by atoms with Gasteiger partial charge in [-0.1, -0.05) is 31.9 Å². The van der Waals surface area contributed by atoms with Gasteiger partial charge in [0.1, 0.15) is 5.58 Å². The summed E-state index contributed by atoms with van der Waals surface area (Å²) in [4.78, 5) is 0. The van der Waals surface area contributed by atoms with Gasteiger partial charge in [0.2, 0.25) is 0 Å². The summed E-state index contributed by atoms with van der Waals surface area (Å²) in [5.41, 5.74) is 2.12. The van der Waals surface area contributed by atoms with Crippen molar-refractivity contribution in [3.8, 4) is 0 Å². The largest absolute Gasteiger partial charge is 0.464 e. The van der Waals surface area contributed by atoms with Gasteiger partial charge in [0.05, 0.1) is 6.26 Å². The maximum absolute atomic E-state index is 5.34. The number of alkyl halides is 1. The maximum atomic E-state index is 5.34. The second-order valence-electron chi connectivity index (χ2n) is 2.54. The van der Waals surface area contributed by atoms with Crippen LogP contribution in [0.5, 0.6) is 0 Å². The van der Waals surface area contributed by atoms with Crippen LogP contribution in [-0.4, -0.2) is 0 Å². The molecule has 1 aromatic heterocycles. The van der Waals surface area contributed by atoms with Crippen molar-refractivity contribution in [2.75, 3.05) is 0 Å². The molecule has 0 saturated heterocycles. The van der Waals surface area contributed by atoms with Crippen molar-refractivity contribution >= 4 is 42.8 Å². The summed E-state index contributed by atoms with van der Waals surface area (Å²) in [5.74, 6) is 0. The molecule has 0 amide bonds. The molecule has 2 aromatic rings. The molecular formula is C9H6Br2O. The van der Waals surface area contributed by atoms with Gasteiger partial charge >= 0.3 is 0 Å². The van der Waals surface area contributed by atoms with E-state index in [9.17, 15) is 0 Å². The lowest BCUT2D eigenvalue weighted by molar-refractivity contribution is 0.613. The lowest BCUT2D eigenvalue weighted by atomic mass is 10.2. The fourth-order valence-corrected chi connectivity index (χ4v) is 1.95. The minimum atomic E-state index is 0.830. The van der Waals surface area contributed by atoms with E-state index in [1.165, 1.54) is 10.9 Å². The summed E-state index contributed by atoms with van der Waals surface area (Å²) in [6, 6.07) is 6.00. The fourth-order valence-electron chi connectivity index (χ4n) is 1.16. The summed E-state index contributed by atoms with van der Waals surface area (Å²) >= 11 is 6.83. The Bertz CT molecular complexity index is 406. The summed E-state index contributed by atoms with van der Waals surface area (Å²) in [6.07, 6.45) is 1.78. The first-order valence-corrected chi connectivity index (χ1v) is 5.44. The van der Waals surface area contributed by atoms with Crippen LogP contribution in [0.4, 0.5) is 0 Å². The van der Waals surface area contributed by atoms with Crippen molar-refractivity contribution in [3.05, 3.63) is 34.5 Å². The van der Waals surface area contributed by atoms with Crippen LogP contribution in [0, 0.1) is 0 Å². The summed E-state index contributed by atoms with van der Waals surface area (Å²) < 4.78 is 6.43. The average Bonchev–Trinajstić information content (AvgIpc) is 2.46. The molecule has 1 heterocycles. The Morgan fingerprint density at radius 1 is 1.33 bits per heavy atom. The molecule has 0 aliphatic rings. The van der Waals surface area contributed by atoms with Crippen molar-refractivity contribution in [3.63, 3.8) is 0 Å². The van der Waals surface area contributed by atoms with Crippen molar-refractivity contribution < 1.29 is 4.42 Å². The van der Waals surface area contributed by atoms with E-state index in [2.05, 4.69) is 37.9 Å². The zero-order valence-corrected chi connectivity index (χ0v) is 9.35. The second-order valence-corrected chi connectivity index (χ2v) is 4.01. The molecule has 1 nitrogen and oxygen atoms in total. The third-order valence-corrected chi connectivity index (χ3v) is 2.86. The predicted octanol–water partition coefficient (Wildman–Crippen LogP) is 4.09. The molecule has 0 atom stereocenters. The molecule has 2 rings (SSSR count). The molecule has 0 aliphatic carbocycles. The Labute approximate surface area is 87.0 Å². The molecule has 0 unspecified atom stereocenters. The standard InChI is InChI=1S/C9H6Br2O/c10-4-6-5-12-9-2-1-7(11)3-8(6)9/h1-3,5H,4H2. The zero-order valence-electron chi connectivity index (χ0n) is 6.18. The minimum absolute atomic E-state index is 0.830. The quantitative estimate of drug-likeness (QED) is 0.721. The smallest absolute Gasteiger partial charge is 0.134 e. The normalized spacial score (nSPS) is 10.8. The van der Waals surface area contributed by atoms with Crippen molar-refractivity contribution in [2.24, 2.45) is 0 Å². The molecule has 0 aliphatic heterocycles. The number of halogens is 2. The first kappa shape index (κ1) is 8.32. The van der Waals surface area contributed by atoms with Gasteiger partial charge in [0, 0.05) is 20.8 Å². The second kappa shape index (κ2) is 3.23. The van der Waals surface area contributed by atoms with E-state index >= 15 is 0 Å². The Kier molecular flexibility index (Phi) is 2.24. The van der Waals surface area contributed by atoms with Gasteiger partial charge in [-0.3, -0.25) is 0 Å². The van der Waals surface area contributed by atoms with E-state index in [1.54, 1.807) is 6.26 Å². The highest BCUT2D eigenvalue weighted by atomic mass is 79.9.